The number of nitrogens with zero attached hydrogens (tertiary/aromatic N) is 1. The highest BCUT2D eigenvalue weighted by atomic mass is 16.5. The molecule has 3 rings (SSSR count). The summed E-state index contributed by atoms with van der Waals surface area (Å²) in [6.07, 6.45) is 5.87. The molecule has 1 aliphatic heterocycles. The molecular weight excluding hydrogens is 274 g/mol. The van der Waals surface area contributed by atoms with Crippen LogP contribution in [0.5, 0.6) is 0 Å². The molecule has 1 saturated heterocycles. The number of rotatable bonds is 8. The second-order valence-corrected chi connectivity index (χ2v) is 6.05. The van der Waals surface area contributed by atoms with Gasteiger partial charge in [-0.3, -0.25) is 4.90 Å². The lowest BCUT2D eigenvalue weighted by Crippen LogP contribution is -2.36. The van der Waals surface area contributed by atoms with Crippen LogP contribution in [0, 0.1) is 0 Å². The molecule has 0 atom stereocenters. The minimum absolute atomic E-state index is 0.909. The highest BCUT2D eigenvalue weighted by molar-refractivity contribution is 5.82. The highest BCUT2D eigenvalue weighted by Gasteiger charge is 2.08. The first kappa shape index (κ1) is 15.5. The lowest BCUT2D eigenvalue weighted by molar-refractivity contribution is 0.0371. The Morgan fingerprint density at radius 1 is 1.09 bits per heavy atom. The highest BCUT2D eigenvalue weighted by Crippen LogP contribution is 2.16. The van der Waals surface area contributed by atoms with Crippen molar-refractivity contribution in [1.82, 2.24) is 15.2 Å². The Morgan fingerprint density at radius 3 is 2.91 bits per heavy atom. The van der Waals surface area contributed by atoms with Crippen molar-refractivity contribution in [3.63, 3.8) is 0 Å². The average molecular weight is 301 g/mol. The Kier molecular flexibility index (Phi) is 5.87. The van der Waals surface area contributed by atoms with E-state index in [0.717, 1.165) is 39.4 Å². The van der Waals surface area contributed by atoms with Gasteiger partial charge in [-0.15, -0.1) is 0 Å². The van der Waals surface area contributed by atoms with Crippen molar-refractivity contribution < 1.29 is 4.74 Å². The third kappa shape index (κ3) is 4.32. The number of ether oxygens (including phenoxy) is 1. The molecule has 2 heterocycles. The average Bonchev–Trinajstić information content (AvgIpc) is 3.04. The zero-order valence-corrected chi connectivity index (χ0v) is 13.3. The Balaban J connectivity index is 1.28. The third-order valence-electron chi connectivity index (χ3n) is 4.42. The van der Waals surface area contributed by atoms with Gasteiger partial charge < -0.3 is 15.0 Å². The summed E-state index contributed by atoms with van der Waals surface area (Å²) in [5, 5.41) is 4.86. The summed E-state index contributed by atoms with van der Waals surface area (Å²) in [5.41, 5.74) is 2.62. The van der Waals surface area contributed by atoms with Crippen LogP contribution >= 0.6 is 0 Å². The molecule has 0 unspecified atom stereocenters. The number of H-pyrrole nitrogens is 1. The van der Waals surface area contributed by atoms with E-state index in [4.69, 9.17) is 4.74 Å². The quantitative estimate of drug-likeness (QED) is 0.737. The van der Waals surface area contributed by atoms with Crippen LogP contribution in [-0.2, 0) is 11.3 Å². The lowest BCUT2D eigenvalue weighted by atomic mass is 10.1. The predicted molar refractivity (Wildman–Crippen MR) is 91.1 cm³/mol. The van der Waals surface area contributed by atoms with Crippen molar-refractivity contribution in [3.8, 4) is 0 Å². The molecule has 2 aromatic rings. The number of para-hydroxylation sites is 1. The Morgan fingerprint density at radius 2 is 2.00 bits per heavy atom. The van der Waals surface area contributed by atoms with Gasteiger partial charge >= 0.3 is 0 Å². The molecule has 4 nitrogen and oxygen atoms in total. The first-order valence-corrected chi connectivity index (χ1v) is 8.49. The fourth-order valence-corrected chi connectivity index (χ4v) is 3.11. The van der Waals surface area contributed by atoms with E-state index in [1.165, 1.54) is 42.3 Å². The van der Waals surface area contributed by atoms with E-state index in [-0.39, 0.29) is 0 Å². The molecule has 22 heavy (non-hydrogen) atoms. The maximum Gasteiger partial charge on any atom is 0.0594 e. The number of hydrogen-bond acceptors (Lipinski definition) is 3. The van der Waals surface area contributed by atoms with Crippen molar-refractivity contribution in [2.24, 2.45) is 0 Å². The van der Waals surface area contributed by atoms with E-state index in [9.17, 15) is 0 Å². The molecule has 1 aromatic heterocycles. The van der Waals surface area contributed by atoms with Gasteiger partial charge in [0.15, 0.2) is 0 Å². The normalized spacial score (nSPS) is 16.4. The van der Waals surface area contributed by atoms with E-state index < -0.39 is 0 Å². The van der Waals surface area contributed by atoms with Crippen molar-refractivity contribution in [1.29, 1.82) is 0 Å². The van der Waals surface area contributed by atoms with Crippen LogP contribution in [0.4, 0.5) is 0 Å². The fourth-order valence-electron chi connectivity index (χ4n) is 3.11. The molecule has 1 aromatic carbocycles. The number of fused-ring (bicyclic) bond motifs is 1. The summed E-state index contributed by atoms with van der Waals surface area (Å²) < 4.78 is 5.37. The van der Waals surface area contributed by atoms with Crippen molar-refractivity contribution >= 4 is 10.9 Å². The second kappa shape index (κ2) is 8.32. The number of benzene rings is 1. The minimum Gasteiger partial charge on any atom is -0.379 e. The molecule has 0 aliphatic carbocycles. The zero-order valence-electron chi connectivity index (χ0n) is 13.3. The van der Waals surface area contributed by atoms with Gasteiger partial charge in [-0.05, 0) is 42.9 Å². The minimum atomic E-state index is 0.909. The number of unbranched alkanes of at least 4 members (excludes halogenated alkanes) is 2. The lowest BCUT2D eigenvalue weighted by Gasteiger charge is -2.26. The maximum atomic E-state index is 5.37. The van der Waals surface area contributed by atoms with E-state index in [2.05, 4.69) is 39.5 Å². The Bertz CT molecular complexity index is 560. The van der Waals surface area contributed by atoms with Crippen molar-refractivity contribution in [2.45, 2.75) is 25.8 Å². The van der Waals surface area contributed by atoms with Crippen LogP contribution in [0.1, 0.15) is 24.8 Å². The zero-order chi connectivity index (χ0) is 15.0. The number of hydrogen-bond donors (Lipinski definition) is 2. The molecule has 2 N–H and O–H groups in total. The van der Waals surface area contributed by atoms with E-state index in [0.29, 0.717) is 0 Å². The molecule has 0 amide bonds. The van der Waals surface area contributed by atoms with Crippen LogP contribution < -0.4 is 5.32 Å². The summed E-state index contributed by atoms with van der Waals surface area (Å²) in [6, 6.07) is 8.62. The summed E-state index contributed by atoms with van der Waals surface area (Å²) in [5.74, 6) is 0. The molecule has 120 valence electrons. The van der Waals surface area contributed by atoms with E-state index in [1.807, 2.05) is 6.20 Å². The standard InChI is InChI=1S/C18H27N3O/c1(3-10-21-11-13-22-14-12-21)2-8-19-15-17-6-4-5-16-7-9-20-18(16)17/h4-7,9,19-20H,1-3,8,10-15H2. The fraction of sp³-hybridized carbons (Fsp3) is 0.556. The van der Waals surface area contributed by atoms with Crippen LogP contribution in [0.15, 0.2) is 30.5 Å². The molecule has 0 radical (unpaired) electrons. The van der Waals surface area contributed by atoms with Gasteiger partial charge in [-0.1, -0.05) is 24.6 Å². The van der Waals surface area contributed by atoms with Gasteiger partial charge in [-0.25, -0.2) is 0 Å². The molecule has 1 fully saturated rings. The van der Waals surface area contributed by atoms with Gasteiger partial charge in [0.2, 0.25) is 0 Å². The van der Waals surface area contributed by atoms with Gasteiger partial charge in [0.25, 0.3) is 0 Å². The maximum absolute atomic E-state index is 5.37. The van der Waals surface area contributed by atoms with Gasteiger partial charge in [-0.2, -0.15) is 0 Å². The number of aromatic amines is 1. The monoisotopic (exact) mass is 301 g/mol. The summed E-state index contributed by atoms with van der Waals surface area (Å²) in [4.78, 5) is 5.85. The molecule has 0 bridgehead atoms. The number of aromatic nitrogens is 1. The predicted octanol–water partition coefficient (Wildman–Crippen LogP) is 2.76. The smallest absolute Gasteiger partial charge is 0.0594 e. The largest absolute Gasteiger partial charge is 0.379 e. The summed E-state index contributed by atoms with van der Waals surface area (Å²) >= 11 is 0. The molecule has 0 spiro atoms. The van der Waals surface area contributed by atoms with Crippen molar-refractivity contribution in [2.75, 3.05) is 39.4 Å². The van der Waals surface area contributed by atoms with Gasteiger partial charge in [0, 0.05) is 31.3 Å². The molecule has 4 heteroatoms. The summed E-state index contributed by atoms with van der Waals surface area (Å²) in [7, 11) is 0. The number of nitrogens with one attached hydrogen (secondary N) is 2. The molecule has 1 aliphatic rings. The first-order valence-electron chi connectivity index (χ1n) is 8.49. The van der Waals surface area contributed by atoms with Crippen LogP contribution in [-0.4, -0.2) is 49.3 Å². The first-order chi connectivity index (χ1) is 10.9. The topological polar surface area (TPSA) is 40.3 Å². The van der Waals surface area contributed by atoms with E-state index in [1.54, 1.807) is 0 Å². The Labute approximate surface area is 132 Å². The van der Waals surface area contributed by atoms with Crippen LogP contribution in [0.3, 0.4) is 0 Å². The molecule has 0 saturated carbocycles. The third-order valence-corrected chi connectivity index (χ3v) is 4.42. The molecular formula is C18H27N3O. The Hall–Kier alpha value is -1.36. The number of morpholine rings is 1. The second-order valence-electron chi connectivity index (χ2n) is 6.05. The SMILES string of the molecule is c1cc(CNCCCCCN2CCOCC2)c2[nH]ccc2c1. The van der Waals surface area contributed by atoms with Gasteiger partial charge in [0.05, 0.1) is 13.2 Å². The van der Waals surface area contributed by atoms with Crippen LogP contribution in [0.2, 0.25) is 0 Å². The van der Waals surface area contributed by atoms with Crippen molar-refractivity contribution in [3.05, 3.63) is 36.0 Å². The van der Waals surface area contributed by atoms with Crippen LogP contribution in [0.25, 0.3) is 10.9 Å². The van der Waals surface area contributed by atoms with Gasteiger partial charge in [0.1, 0.15) is 0 Å². The van der Waals surface area contributed by atoms with E-state index >= 15 is 0 Å². The summed E-state index contributed by atoms with van der Waals surface area (Å²) in [6.45, 7) is 7.31.